The summed E-state index contributed by atoms with van der Waals surface area (Å²) < 4.78 is 6.80. The van der Waals surface area contributed by atoms with Crippen molar-refractivity contribution in [2.24, 2.45) is 5.73 Å². The number of ether oxygens (including phenoxy) is 1. The molecular formula is C21H25ClN4O3. The standard InChI is InChI=1S/C21H24N4O3.ClH/c1-2-28-21(27)20-13-19(24-25(20)11-3-9-22)17-8-10-23-18(12-17)16-6-4-15(14-26)5-7-16;/h4-8,10,12-13,26H,2-3,9,11,14,22H2,1H3;1H. The second-order valence-corrected chi connectivity index (χ2v) is 6.29. The lowest BCUT2D eigenvalue weighted by Crippen LogP contribution is -2.15. The van der Waals surface area contributed by atoms with Crippen molar-refractivity contribution in [1.82, 2.24) is 14.8 Å². The lowest BCUT2D eigenvalue weighted by Gasteiger charge is -2.05. The molecule has 0 aliphatic rings. The predicted molar refractivity (Wildman–Crippen MR) is 114 cm³/mol. The van der Waals surface area contributed by atoms with Crippen molar-refractivity contribution in [3.8, 4) is 22.5 Å². The first-order chi connectivity index (χ1) is 13.7. The second kappa shape index (κ2) is 10.7. The number of aliphatic hydroxyl groups is 1. The van der Waals surface area contributed by atoms with E-state index >= 15 is 0 Å². The molecule has 7 nitrogen and oxygen atoms in total. The Balaban J connectivity index is 0.00000300. The number of nitrogens with two attached hydrogens (primary N) is 1. The summed E-state index contributed by atoms with van der Waals surface area (Å²) in [5.74, 6) is -0.396. The van der Waals surface area contributed by atoms with Crippen LogP contribution in [0, 0.1) is 0 Å². The van der Waals surface area contributed by atoms with Gasteiger partial charge in [0, 0.05) is 23.9 Å². The van der Waals surface area contributed by atoms with E-state index in [1.807, 2.05) is 36.4 Å². The lowest BCUT2D eigenvalue weighted by molar-refractivity contribution is 0.0511. The predicted octanol–water partition coefficient (Wildman–Crippen LogP) is 3.05. The zero-order valence-electron chi connectivity index (χ0n) is 16.2. The molecule has 3 aromatic rings. The van der Waals surface area contributed by atoms with Gasteiger partial charge in [0.1, 0.15) is 5.69 Å². The summed E-state index contributed by atoms with van der Waals surface area (Å²) >= 11 is 0. The minimum atomic E-state index is -0.396. The average Bonchev–Trinajstić information content (AvgIpc) is 3.17. The molecule has 3 rings (SSSR count). The summed E-state index contributed by atoms with van der Waals surface area (Å²) in [4.78, 5) is 16.7. The van der Waals surface area contributed by atoms with E-state index in [1.165, 1.54) is 0 Å². The van der Waals surface area contributed by atoms with Gasteiger partial charge in [-0.2, -0.15) is 5.10 Å². The van der Waals surface area contributed by atoms with Crippen molar-refractivity contribution in [3.63, 3.8) is 0 Å². The van der Waals surface area contributed by atoms with Crippen molar-refractivity contribution in [2.45, 2.75) is 26.5 Å². The highest BCUT2D eigenvalue weighted by Crippen LogP contribution is 2.25. The molecule has 0 saturated carbocycles. The van der Waals surface area contributed by atoms with Gasteiger partial charge in [-0.1, -0.05) is 24.3 Å². The fourth-order valence-electron chi connectivity index (χ4n) is 2.87. The van der Waals surface area contributed by atoms with Gasteiger partial charge in [0.2, 0.25) is 0 Å². The van der Waals surface area contributed by atoms with Gasteiger partial charge < -0.3 is 15.6 Å². The van der Waals surface area contributed by atoms with E-state index in [-0.39, 0.29) is 19.0 Å². The quantitative estimate of drug-likeness (QED) is 0.547. The normalized spacial score (nSPS) is 10.4. The molecule has 154 valence electrons. The van der Waals surface area contributed by atoms with Gasteiger partial charge in [-0.3, -0.25) is 9.67 Å². The van der Waals surface area contributed by atoms with Crippen LogP contribution in [0.15, 0.2) is 48.7 Å². The van der Waals surface area contributed by atoms with Crippen molar-refractivity contribution < 1.29 is 14.6 Å². The van der Waals surface area contributed by atoms with Gasteiger partial charge in [-0.05, 0) is 43.7 Å². The van der Waals surface area contributed by atoms with Crippen molar-refractivity contribution in [1.29, 1.82) is 0 Å². The Hall–Kier alpha value is -2.74. The van der Waals surface area contributed by atoms with Gasteiger partial charge in [-0.15, -0.1) is 12.4 Å². The number of aromatic nitrogens is 3. The molecule has 0 radical (unpaired) electrons. The zero-order valence-corrected chi connectivity index (χ0v) is 17.1. The van der Waals surface area contributed by atoms with E-state index in [0.29, 0.717) is 37.5 Å². The highest BCUT2D eigenvalue weighted by atomic mass is 35.5. The summed E-state index contributed by atoms with van der Waals surface area (Å²) in [7, 11) is 0. The lowest BCUT2D eigenvalue weighted by atomic mass is 10.1. The molecule has 0 spiro atoms. The first kappa shape index (κ1) is 22.5. The number of hydrogen-bond acceptors (Lipinski definition) is 6. The molecule has 2 aromatic heterocycles. The fourth-order valence-corrected chi connectivity index (χ4v) is 2.87. The largest absolute Gasteiger partial charge is 0.461 e. The number of halogens is 1. The molecule has 0 aliphatic carbocycles. The number of benzene rings is 1. The van der Waals surface area contributed by atoms with Crippen molar-refractivity contribution in [2.75, 3.05) is 13.2 Å². The average molecular weight is 417 g/mol. The molecule has 29 heavy (non-hydrogen) atoms. The molecular weight excluding hydrogens is 392 g/mol. The number of hydrogen-bond donors (Lipinski definition) is 2. The summed E-state index contributed by atoms with van der Waals surface area (Å²) in [6, 6.07) is 13.1. The van der Waals surface area contributed by atoms with E-state index in [0.717, 1.165) is 22.4 Å². The van der Waals surface area contributed by atoms with Crippen LogP contribution < -0.4 is 5.73 Å². The highest BCUT2D eigenvalue weighted by Gasteiger charge is 2.17. The summed E-state index contributed by atoms with van der Waals surface area (Å²) in [6.45, 7) is 3.15. The molecule has 0 aliphatic heterocycles. The fraction of sp³-hybridized carbons (Fsp3) is 0.286. The van der Waals surface area contributed by atoms with Crippen LogP contribution in [0.5, 0.6) is 0 Å². The Morgan fingerprint density at radius 2 is 1.90 bits per heavy atom. The second-order valence-electron chi connectivity index (χ2n) is 6.29. The summed E-state index contributed by atoms with van der Waals surface area (Å²) in [5, 5.41) is 13.8. The Morgan fingerprint density at radius 3 is 2.55 bits per heavy atom. The third-order valence-electron chi connectivity index (χ3n) is 4.33. The number of aliphatic hydroxyl groups excluding tert-OH is 1. The Labute approximate surface area is 175 Å². The van der Waals surface area contributed by atoms with E-state index < -0.39 is 5.97 Å². The number of carbonyl (C=O) groups excluding carboxylic acids is 1. The van der Waals surface area contributed by atoms with E-state index in [2.05, 4.69) is 10.1 Å². The zero-order chi connectivity index (χ0) is 19.9. The number of aryl methyl sites for hydroxylation is 1. The molecule has 0 unspecified atom stereocenters. The Bertz CT molecular complexity index is 941. The number of rotatable bonds is 8. The number of esters is 1. The van der Waals surface area contributed by atoms with Crippen molar-refractivity contribution >= 4 is 18.4 Å². The van der Waals surface area contributed by atoms with Gasteiger partial charge >= 0.3 is 5.97 Å². The van der Waals surface area contributed by atoms with Crippen LogP contribution in [0.3, 0.4) is 0 Å². The first-order valence-corrected chi connectivity index (χ1v) is 9.28. The first-order valence-electron chi connectivity index (χ1n) is 9.28. The third-order valence-corrected chi connectivity index (χ3v) is 4.33. The van der Waals surface area contributed by atoms with Gasteiger partial charge in [0.05, 0.1) is 24.6 Å². The van der Waals surface area contributed by atoms with Crippen LogP contribution in [0.25, 0.3) is 22.5 Å². The SMILES string of the molecule is CCOC(=O)c1cc(-c2ccnc(-c3ccc(CO)cc3)c2)nn1CCCN.Cl. The smallest absolute Gasteiger partial charge is 0.356 e. The molecule has 2 heterocycles. The number of carbonyl (C=O) groups is 1. The van der Waals surface area contributed by atoms with Gasteiger partial charge in [0.25, 0.3) is 0 Å². The van der Waals surface area contributed by atoms with Crippen molar-refractivity contribution in [3.05, 3.63) is 59.9 Å². The molecule has 3 N–H and O–H groups in total. The van der Waals surface area contributed by atoms with Gasteiger partial charge in [-0.25, -0.2) is 4.79 Å². The van der Waals surface area contributed by atoms with E-state index in [1.54, 1.807) is 23.9 Å². The third kappa shape index (κ3) is 5.41. The highest BCUT2D eigenvalue weighted by molar-refractivity contribution is 5.89. The maximum absolute atomic E-state index is 12.3. The van der Waals surface area contributed by atoms with Gasteiger partial charge in [0.15, 0.2) is 0 Å². The van der Waals surface area contributed by atoms with Crippen LogP contribution >= 0.6 is 12.4 Å². The Kier molecular flexibility index (Phi) is 8.33. The topological polar surface area (TPSA) is 103 Å². The van der Waals surface area contributed by atoms with E-state index in [9.17, 15) is 9.90 Å². The minimum absolute atomic E-state index is 0. The minimum Gasteiger partial charge on any atom is -0.461 e. The number of pyridine rings is 1. The maximum Gasteiger partial charge on any atom is 0.356 e. The summed E-state index contributed by atoms with van der Waals surface area (Å²) in [6.07, 6.45) is 2.43. The number of nitrogens with zero attached hydrogens (tertiary/aromatic N) is 3. The molecule has 1 aromatic carbocycles. The van der Waals surface area contributed by atoms with Crippen LogP contribution in [0.1, 0.15) is 29.4 Å². The molecule has 0 amide bonds. The van der Waals surface area contributed by atoms with Crippen LogP contribution in [0.2, 0.25) is 0 Å². The molecule has 8 heteroatoms. The Morgan fingerprint density at radius 1 is 1.14 bits per heavy atom. The monoisotopic (exact) mass is 416 g/mol. The van der Waals surface area contributed by atoms with Crippen LogP contribution in [-0.2, 0) is 17.9 Å². The van der Waals surface area contributed by atoms with Crippen LogP contribution in [-0.4, -0.2) is 39.0 Å². The van der Waals surface area contributed by atoms with E-state index in [4.69, 9.17) is 10.5 Å². The maximum atomic E-state index is 12.3. The molecule has 0 atom stereocenters. The molecule has 0 saturated heterocycles. The van der Waals surface area contributed by atoms with Crippen LogP contribution in [0.4, 0.5) is 0 Å². The molecule has 0 bridgehead atoms. The molecule has 0 fully saturated rings. The summed E-state index contributed by atoms with van der Waals surface area (Å²) in [5.41, 5.74) is 10.1.